The van der Waals surface area contributed by atoms with Crippen LogP contribution in [0, 0.1) is 6.92 Å². The van der Waals surface area contributed by atoms with Gasteiger partial charge in [0.25, 0.3) is 0 Å². The number of aryl methyl sites for hydroxylation is 1. The molecule has 1 N–H and O–H groups in total. The molecule has 3 rings (SSSR count). The molecule has 19 heavy (non-hydrogen) atoms. The summed E-state index contributed by atoms with van der Waals surface area (Å²) in [6.45, 7) is 11.2. The number of nitrogens with one attached hydrogen (secondary N) is 1. The zero-order valence-electron chi connectivity index (χ0n) is 11.9. The number of rotatable bonds is 1. The van der Waals surface area contributed by atoms with Gasteiger partial charge in [-0.05, 0) is 38.5 Å². The number of piperazine rings is 1. The van der Waals surface area contributed by atoms with Gasteiger partial charge in [-0.1, -0.05) is 15.9 Å². The highest BCUT2D eigenvalue weighted by molar-refractivity contribution is 9.10. The van der Waals surface area contributed by atoms with Crippen LogP contribution in [0.3, 0.4) is 0 Å². The van der Waals surface area contributed by atoms with Crippen LogP contribution in [-0.2, 0) is 0 Å². The maximum atomic E-state index is 3.65. The third kappa shape index (κ3) is 2.25. The number of hydrogen-bond acceptors (Lipinski definition) is 3. The zero-order chi connectivity index (χ0) is 13.6. The lowest BCUT2D eigenvalue weighted by molar-refractivity contribution is 0.448. The van der Waals surface area contributed by atoms with Gasteiger partial charge in [-0.3, -0.25) is 0 Å². The highest BCUT2D eigenvalue weighted by Gasteiger charge is 2.34. The molecule has 0 bridgehead atoms. The van der Waals surface area contributed by atoms with E-state index in [1.165, 1.54) is 21.4 Å². The van der Waals surface area contributed by atoms with Gasteiger partial charge in [-0.15, -0.1) is 0 Å². The molecule has 2 aliphatic rings. The Morgan fingerprint density at radius 3 is 2.89 bits per heavy atom. The number of hydrogen-bond donors (Lipinski definition) is 1. The van der Waals surface area contributed by atoms with E-state index < -0.39 is 0 Å². The summed E-state index contributed by atoms with van der Waals surface area (Å²) >= 11 is 3.65. The Labute approximate surface area is 124 Å². The lowest BCUT2D eigenvalue weighted by Gasteiger charge is -2.49. The fourth-order valence-electron chi connectivity index (χ4n) is 3.34. The van der Waals surface area contributed by atoms with E-state index in [-0.39, 0.29) is 0 Å². The quantitative estimate of drug-likeness (QED) is 0.857. The number of anilines is 2. The maximum Gasteiger partial charge on any atom is 0.0638 e. The SMILES string of the molecule is Cc1cc(Br)cc2c1N1CCNCC1CN2C(C)C. The van der Waals surface area contributed by atoms with Gasteiger partial charge in [0.1, 0.15) is 0 Å². The van der Waals surface area contributed by atoms with E-state index in [2.05, 4.69) is 64.0 Å². The molecule has 4 heteroatoms. The van der Waals surface area contributed by atoms with Crippen molar-refractivity contribution in [3.8, 4) is 0 Å². The van der Waals surface area contributed by atoms with Crippen LogP contribution in [0.1, 0.15) is 19.4 Å². The lowest BCUT2D eigenvalue weighted by Crippen LogP contribution is -2.60. The van der Waals surface area contributed by atoms with Crippen molar-refractivity contribution in [3.05, 3.63) is 22.2 Å². The van der Waals surface area contributed by atoms with Crippen molar-refractivity contribution in [3.63, 3.8) is 0 Å². The summed E-state index contributed by atoms with van der Waals surface area (Å²) in [7, 11) is 0. The number of nitrogens with zero attached hydrogens (tertiary/aromatic N) is 2. The fraction of sp³-hybridized carbons (Fsp3) is 0.600. The van der Waals surface area contributed by atoms with E-state index in [1.54, 1.807) is 0 Å². The molecule has 1 atom stereocenters. The second kappa shape index (κ2) is 4.98. The molecule has 2 heterocycles. The van der Waals surface area contributed by atoms with Crippen LogP contribution in [-0.4, -0.2) is 38.3 Å². The van der Waals surface area contributed by atoms with Crippen LogP contribution >= 0.6 is 15.9 Å². The first kappa shape index (κ1) is 13.3. The Hall–Kier alpha value is -0.740. The molecule has 1 fully saturated rings. The number of halogens is 1. The molecule has 2 aliphatic heterocycles. The maximum absolute atomic E-state index is 3.65. The third-order valence-corrected chi connectivity index (χ3v) is 4.68. The largest absolute Gasteiger partial charge is 0.365 e. The highest BCUT2D eigenvalue weighted by Crippen LogP contribution is 2.41. The molecular formula is C15H22BrN3. The Bertz CT molecular complexity index is 487. The van der Waals surface area contributed by atoms with Gasteiger partial charge in [-0.2, -0.15) is 0 Å². The molecule has 0 aliphatic carbocycles. The minimum atomic E-state index is 0.538. The van der Waals surface area contributed by atoms with Gasteiger partial charge >= 0.3 is 0 Å². The van der Waals surface area contributed by atoms with E-state index in [1.807, 2.05) is 0 Å². The van der Waals surface area contributed by atoms with Crippen LogP contribution in [0.25, 0.3) is 0 Å². The molecular weight excluding hydrogens is 302 g/mol. The summed E-state index contributed by atoms with van der Waals surface area (Å²) in [6, 6.07) is 5.66. The van der Waals surface area contributed by atoms with Gasteiger partial charge in [-0.25, -0.2) is 0 Å². The van der Waals surface area contributed by atoms with Crippen molar-refractivity contribution in [2.24, 2.45) is 0 Å². The Kier molecular flexibility index (Phi) is 3.48. The van der Waals surface area contributed by atoms with Gasteiger partial charge in [0.15, 0.2) is 0 Å². The van der Waals surface area contributed by atoms with E-state index >= 15 is 0 Å². The van der Waals surface area contributed by atoms with Gasteiger partial charge in [0.2, 0.25) is 0 Å². The molecule has 0 saturated carbocycles. The van der Waals surface area contributed by atoms with E-state index in [4.69, 9.17) is 0 Å². The van der Waals surface area contributed by atoms with Crippen molar-refractivity contribution in [1.82, 2.24) is 5.32 Å². The summed E-state index contributed by atoms with van der Waals surface area (Å²) < 4.78 is 1.18. The van der Waals surface area contributed by atoms with E-state index in [9.17, 15) is 0 Å². The molecule has 104 valence electrons. The van der Waals surface area contributed by atoms with Gasteiger partial charge < -0.3 is 15.1 Å². The predicted molar refractivity (Wildman–Crippen MR) is 85.4 cm³/mol. The van der Waals surface area contributed by atoms with Crippen molar-refractivity contribution in [2.45, 2.75) is 32.9 Å². The molecule has 1 saturated heterocycles. The molecule has 3 nitrogen and oxygen atoms in total. The first-order valence-electron chi connectivity index (χ1n) is 7.12. The number of fused-ring (bicyclic) bond motifs is 3. The average Bonchev–Trinajstić information content (AvgIpc) is 2.36. The van der Waals surface area contributed by atoms with Crippen LogP contribution < -0.4 is 15.1 Å². The van der Waals surface area contributed by atoms with Gasteiger partial charge in [0, 0.05) is 36.7 Å². The summed E-state index contributed by atoms with van der Waals surface area (Å²) in [6.07, 6.45) is 0. The van der Waals surface area contributed by atoms with Crippen LogP contribution in [0.2, 0.25) is 0 Å². The number of benzene rings is 1. The standard InChI is InChI=1S/C15H22BrN3/c1-10(2)19-9-13-8-17-4-5-18(13)15-11(3)6-12(16)7-14(15)19/h6-7,10,13,17H,4-5,8-9H2,1-3H3. The predicted octanol–water partition coefficient (Wildman–Crippen LogP) is 2.76. The monoisotopic (exact) mass is 323 g/mol. The molecule has 1 aromatic rings. The lowest BCUT2D eigenvalue weighted by atomic mass is 10.0. The van der Waals surface area contributed by atoms with Crippen molar-refractivity contribution < 1.29 is 0 Å². The first-order chi connectivity index (χ1) is 9.08. The minimum absolute atomic E-state index is 0.538. The van der Waals surface area contributed by atoms with Gasteiger partial charge in [0.05, 0.1) is 17.4 Å². The van der Waals surface area contributed by atoms with Crippen LogP contribution in [0.4, 0.5) is 11.4 Å². The topological polar surface area (TPSA) is 18.5 Å². The molecule has 1 aromatic carbocycles. The van der Waals surface area contributed by atoms with Crippen LogP contribution in [0.15, 0.2) is 16.6 Å². The second-order valence-corrected chi connectivity index (χ2v) is 6.80. The van der Waals surface area contributed by atoms with Crippen molar-refractivity contribution >= 4 is 27.3 Å². The second-order valence-electron chi connectivity index (χ2n) is 5.89. The highest BCUT2D eigenvalue weighted by atomic mass is 79.9. The molecule has 0 amide bonds. The first-order valence-corrected chi connectivity index (χ1v) is 7.91. The molecule has 0 aromatic heterocycles. The van der Waals surface area contributed by atoms with Crippen molar-refractivity contribution in [2.75, 3.05) is 36.0 Å². The molecule has 0 spiro atoms. The zero-order valence-corrected chi connectivity index (χ0v) is 13.5. The average molecular weight is 324 g/mol. The fourth-order valence-corrected chi connectivity index (χ4v) is 3.90. The van der Waals surface area contributed by atoms with E-state index in [0.29, 0.717) is 12.1 Å². The van der Waals surface area contributed by atoms with Crippen molar-refractivity contribution in [1.29, 1.82) is 0 Å². The Morgan fingerprint density at radius 2 is 2.16 bits per heavy atom. The summed E-state index contributed by atoms with van der Waals surface area (Å²) in [5.74, 6) is 0. The Balaban J connectivity index is 2.12. The normalized spacial score (nSPS) is 22.5. The molecule has 0 radical (unpaired) electrons. The Morgan fingerprint density at radius 1 is 1.37 bits per heavy atom. The summed E-state index contributed by atoms with van der Waals surface area (Å²) in [5, 5.41) is 3.53. The smallest absolute Gasteiger partial charge is 0.0638 e. The summed E-state index contributed by atoms with van der Waals surface area (Å²) in [4.78, 5) is 5.15. The summed E-state index contributed by atoms with van der Waals surface area (Å²) in [5.41, 5.74) is 4.20. The minimum Gasteiger partial charge on any atom is -0.365 e. The molecule has 1 unspecified atom stereocenters. The van der Waals surface area contributed by atoms with Crippen LogP contribution in [0.5, 0.6) is 0 Å². The van der Waals surface area contributed by atoms with E-state index in [0.717, 1.165) is 26.2 Å². The third-order valence-electron chi connectivity index (χ3n) is 4.22.